The molecule has 0 bridgehead atoms. The smallest absolute Gasteiger partial charge is 0.272 e. The Hall–Kier alpha value is -3.39. The van der Waals surface area contributed by atoms with Crippen LogP contribution in [0.4, 0.5) is 5.69 Å². The third kappa shape index (κ3) is 4.60. The van der Waals surface area contributed by atoms with Crippen LogP contribution in [-0.2, 0) is 9.59 Å². The van der Waals surface area contributed by atoms with Crippen molar-refractivity contribution in [2.24, 2.45) is 4.99 Å². The van der Waals surface area contributed by atoms with E-state index in [2.05, 4.69) is 15.5 Å². The highest BCUT2D eigenvalue weighted by Crippen LogP contribution is 2.30. The van der Waals surface area contributed by atoms with Crippen molar-refractivity contribution in [2.45, 2.75) is 25.4 Å². The van der Waals surface area contributed by atoms with E-state index in [-0.39, 0.29) is 18.4 Å². The molecular weight excluding hydrogens is 408 g/mol. The zero-order valence-electron chi connectivity index (χ0n) is 18.6. The van der Waals surface area contributed by atoms with Gasteiger partial charge in [-0.3, -0.25) is 19.5 Å². The fraction of sp³-hybridized carbons (Fsp3) is 0.375. The topological polar surface area (TPSA) is 92.3 Å². The summed E-state index contributed by atoms with van der Waals surface area (Å²) in [7, 11) is 3.13. The largest absolute Gasteiger partial charge is 0.497 e. The van der Waals surface area contributed by atoms with E-state index in [1.165, 1.54) is 0 Å². The molecule has 32 heavy (non-hydrogen) atoms. The van der Waals surface area contributed by atoms with Crippen molar-refractivity contribution in [1.82, 2.24) is 10.2 Å². The zero-order valence-corrected chi connectivity index (χ0v) is 18.6. The molecule has 8 nitrogen and oxygen atoms in total. The van der Waals surface area contributed by atoms with Crippen LogP contribution in [0.25, 0.3) is 0 Å². The molecule has 0 saturated carbocycles. The molecule has 2 amide bonds. The van der Waals surface area contributed by atoms with E-state index in [0.717, 1.165) is 11.1 Å². The number of amides is 2. The lowest BCUT2D eigenvalue weighted by atomic mass is 9.98. The quantitative estimate of drug-likeness (QED) is 0.725. The van der Waals surface area contributed by atoms with Crippen molar-refractivity contribution in [3.05, 3.63) is 53.6 Å². The lowest BCUT2D eigenvalue weighted by Crippen LogP contribution is -2.52. The number of aliphatic imine (C=N–C) groups is 1. The van der Waals surface area contributed by atoms with Crippen molar-refractivity contribution in [3.63, 3.8) is 0 Å². The van der Waals surface area contributed by atoms with Crippen LogP contribution in [0.3, 0.4) is 0 Å². The second-order valence-electron chi connectivity index (χ2n) is 8.21. The van der Waals surface area contributed by atoms with Gasteiger partial charge in [0.05, 0.1) is 26.5 Å². The molecule has 0 aromatic heterocycles. The molecule has 168 valence electrons. The van der Waals surface area contributed by atoms with Crippen molar-refractivity contribution in [2.75, 3.05) is 39.2 Å². The van der Waals surface area contributed by atoms with Gasteiger partial charge >= 0.3 is 0 Å². The summed E-state index contributed by atoms with van der Waals surface area (Å²) in [5, 5.41) is 5.98. The fourth-order valence-electron chi connectivity index (χ4n) is 4.16. The average Bonchev–Trinajstić information content (AvgIpc) is 3.11. The number of nitrogens with zero attached hydrogens (tertiary/aromatic N) is 2. The molecule has 1 saturated heterocycles. The van der Waals surface area contributed by atoms with Gasteiger partial charge in [-0.1, -0.05) is 23.8 Å². The first kappa shape index (κ1) is 21.8. The van der Waals surface area contributed by atoms with Crippen LogP contribution in [0.5, 0.6) is 11.5 Å². The highest BCUT2D eigenvalue weighted by molar-refractivity contribution is 6.46. The van der Waals surface area contributed by atoms with Crippen LogP contribution >= 0.6 is 0 Å². The van der Waals surface area contributed by atoms with Gasteiger partial charge in [-0.15, -0.1) is 0 Å². The van der Waals surface area contributed by atoms with Gasteiger partial charge < -0.3 is 20.1 Å². The van der Waals surface area contributed by atoms with Crippen molar-refractivity contribution in [3.8, 4) is 11.5 Å². The standard InChI is InChI=1S/C24H28N4O4/c1-16-5-4-6-17(13-16)22-23(30)27-24(26-22)9-11-28(12-10-24)15-21(29)25-19-8-7-18(31-2)14-20(19)32-3/h4-8,13-14H,9-12,15H2,1-3H3,(H,25,29)(H,27,30). The van der Waals surface area contributed by atoms with Crippen LogP contribution in [-0.4, -0.2) is 61.9 Å². The van der Waals surface area contributed by atoms with Gasteiger partial charge in [0, 0.05) is 37.6 Å². The summed E-state index contributed by atoms with van der Waals surface area (Å²) < 4.78 is 10.5. The highest BCUT2D eigenvalue weighted by Gasteiger charge is 2.42. The van der Waals surface area contributed by atoms with Crippen molar-refractivity contribution < 1.29 is 19.1 Å². The van der Waals surface area contributed by atoms with Crippen molar-refractivity contribution in [1.29, 1.82) is 0 Å². The first-order valence-corrected chi connectivity index (χ1v) is 10.6. The predicted molar refractivity (Wildman–Crippen MR) is 122 cm³/mol. The minimum Gasteiger partial charge on any atom is -0.497 e. The lowest BCUT2D eigenvalue weighted by molar-refractivity contribution is -0.119. The minimum absolute atomic E-state index is 0.121. The van der Waals surface area contributed by atoms with Gasteiger partial charge in [0.15, 0.2) is 0 Å². The monoisotopic (exact) mass is 436 g/mol. The summed E-state index contributed by atoms with van der Waals surface area (Å²) >= 11 is 0. The Morgan fingerprint density at radius 2 is 1.94 bits per heavy atom. The highest BCUT2D eigenvalue weighted by atomic mass is 16.5. The van der Waals surface area contributed by atoms with Gasteiger partial charge in [-0.25, -0.2) is 0 Å². The number of piperidine rings is 1. The Balaban J connectivity index is 1.36. The number of rotatable bonds is 6. The summed E-state index contributed by atoms with van der Waals surface area (Å²) in [6.45, 7) is 3.58. The first-order chi connectivity index (χ1) is 15.4. The number of hydrogen-bond donors (Lipinski definition) is 2. The van der Waals surface area contributed by atoms with E-state index in [9.17, 15) is 9.59 Å². The number of likely N-dealkylation sites (tertiary alicyclic amines) is 1. The average molecular weight is 437 g/mol. The number of carbonyl (C=O) groups excluding carboxylic acids is 2. The van der Waals surface area contributed by atoms with E-state index in [1.54, 1.807) is 32.4 Å². The molecule has 2 aromatic carbocycles. The number of benzene rings is 2. The molecule has 8 heteroatoms. The molecule has 2 heterocycles. The number of methoxy groups -OCH3 is 2. The third-order valence-electron chi connectivity index (χ3n) is 5.91. The van der Waals surface area contributed by atoms with Crippen molar-refractivity contribution >= 4 is 23.2 Å². The molecule has 4 rings (SSSR count). The van der Waals surface area contributed by atoms with E-state index in [4.69, 9.17) is 14.5 Å². The molecule has 0 unspecified atom stereocenters. The fourth-order valence-corrected chi connectivity index (χ4v) is 4.16. The number of nitrogens with one attached hydrogen (secondary N) is 2. The molecule has 2 aliphatic heterocycles. The first-order valence-electron chi connectivity index (χ1n) is 10.6. The van der Waals surface area contributed by atoms with E-state index in [1.807, 2.05) is 31.2 Å². The Labute approximate surface area is 187 Å². The van der Waals surface area contributed by atoms with Gasteiger partial charge in [-0.2, -0.15) is 0 Å². The molecule has 1 spiro atoms. The number of ether oxygens (including phenoxy) is 2. The maximum absolute atomic E-state index is 12.6. The van der Waals surface area contributed by atoms with Gasteiger partial charge in [-0.05, 0) is 25.1 Å². The molecule has 0 aliphatic carbocycles. The predicted octanol–water partition coefficient (Wildman–Crippen LogP) is 2.36. The van der Waals surface area contributed by atoms with Crippen LogP contribution in [0.2, 0.25) is 0 Å². The molecule has 0 atom stereocenters. The molecule has 2 aromatic rings. The zero-order chi connectivity index (χ0) is 22.7. The van der Waals surface area contributed by atoms with E-state index >= 15 is 0 Å². The molecular formula is C24H28N4O4. The molecule has 2 aliphatic rings. The Bertz CT molecular complexity index is 1060. The van der Waals surface area contributed by atoms with Crippen LogP contribution in [0.15, 0.2) is 47.5 Å². The van der Waals surface area contributed by atoms with Crippen LogP contribution < -0.4 is 20.1 Å². The second kappa shape index (κ2) is 9.00. The Morgan fingerprint density at radius 1 is 1.16 bits per heavy atom. The Kier molecular flexibility index (Phi) is 6.14. The summed E-state index contributed by atoms with van der Waals surface area (Å²) in [6, 6.07) is 13.1. The number of hydrogen-bond acceptors (Lipinski definition) is 6. The molecule has 0 radical (unpaired) electrons. The number of aryl methyl sites for hydroxylation is 1. The summed E-state index contributed by atoms with van der Waals surface area (Å²) in [5.74, 6) is 0.949. The maximum Gasteiger partial charge on any atom is 0.272 e. The van der Waals surface area contributed by atoms with Crippen LogP contribution in [0, 0.1) is 6.92 Å². The molecule has 2 N–H and O–H groups in total. The van der Waals surface area contributed by atoms with Crippen LogP contribution in [0.1, 0.15) is 24.0 Å². The number of carbonyl (C=O) groups is 2. The SMILES string of the molecule is COc1ccc(NC(=O)CN2CCC3(CC2)N=C(c2cccc(C)c2)C(=O)N3)c(OC)c1. The second-order valence-corrected chi connectivity index (χ2v) is 8.21. The number of anilines is 1. The summed E-state index contributed by atoms with van der Waals surface area (Å²) in [6.07, 6.45) is 1.32. The van der Waals surface area contributed by atoms with Gasteiger partial charge in [0.1, 0.15) is 22.9 Å². The van der Waals surface area contributed by atoms with Gasteiger partial charge in [0.2, 0.25) is 5.91 Å². The minimum atomic E-state index is -0.581. The third-order valence-corrected chi connectivity index (χ3v) is 5.91. The van der Waals surface area contributed by atoms with E-state index < -0.39 is 5.66 Å². The summed E-state index contributed by atoms with van der Waals surface area (Å²) in [5.41, 5.74) is 2.44. The normalized spacial score (nSPS) is 17.6. The lowest BCUT2D eigenvalue weighted by Gasteiger charge is -2.36. The van der Waals surface area contributed by atoms with E-state index in [0.29, 0.717) is 48.8 Å². The summed E-state index contributed by atoms with van der Waals surface area (Å²) in [4.78, 5) is 32.1. The molecule has 1 fully saturated rings. The Morgan fingerprint density at radius 3 is 2.62 bits per heavy atom. The van der Waals surface area contributed by atoms with Gasteiger partial charge in [0.25, 0.3) is 5.91 Å². The maximum atomic E-state index is 12.6.